The SMILES string of the molecule is CN(Cc1ncn[nH]1)C(=O)NC1CCCC1C(=O)O. The van der Waals surface area contributed by atoms with E-state index in [4.69, 9.17) is 5.11 Å². The van der Waals surface area contributed by atoms with E-state index in [0.717, 1.165) is 6.42 Å². The number of nitrogens with zero attached hydrogens (tertiary/aromatic N) is 3. The highest BCUT2D eigenvalue weighted by atomic mass is 16.4. The van der Waals surface area contributed by atoms with E-state index >= 15 is 0 Å². The monoisotopic (exact) mass is 267 g/mol. The van der Waals surface area contributed by atoms with Gasteiger partial charge in [0.05, 0.1) is 12.5 Å². The fourth-order valence-corrected chi connectivity index (χ4v) is 2.30. The number of aromatic nitrogens is 3. The van der Waals surface area contributed by atoms with Gasteiger partial charge in [0.15, 0.2) is 0 Å². The van der Waals surface area contributed by atoms with Gasteiger partial charge in [-0.2, -0.15) is 5.10 Å². The van der Waals surface area contributed by atoms with Crippen LogP contribution in [-0.2, 0) is 11.3 Å². The van der Waals surface area contributed by atoms with Crippen LogP contribution in [0.4, 0.5) is 4.79 Å². The molecule has 1 fully saturated rings. The van der Waals surface area contributed by atoms with E-state index in [2.05, 4.69) is 20.5 Å². The van der Waals surface area contributed by atoms with Crippen molar-refractivity contribution in [2.24, 2.45) is 5.92 Å². The van der Waals surface area contributed by atoms with Crippen molar-refractivity contribution < 1.29 is 14.7 Å². The first-order valence-corrected chi connectivity index (χ1v) is 6.16. The molecule has 1 aromatic heterocycles. The summed E-state index contributed by atoms with van der Waals surface area (Å²) in [6, 6.07) is -0.586. The van der Waals surface area contributed by atoms with Crippen LogP contribution in [0.2, 0.25) is 0 Å². The molecule has 1 saturated carbocycles. The lowest BCUT2D eigenvalue weighted by atomic mass is 10.0. The van der Waals surface area contributed by atoms with Crippen molar-refractivity contribution >= 4 is 12.0 Å². The Labute approximate surface area is 110 Å². The maximum atomic E-state index is 12.0. The highest BCUT2D eigenvalue weighted by Gasteiger charge is 2.34. The van der Waals surface area contributed by atoms with E-state index in [1.54, 1.807) is 7.05 Å². The molecule has 19 heavy (non-hydrogen) atoms. The maximum absolute atomic E-state index is 12.0. The minimum atomic E-state index is -0.847. The Morgan fingerprint density at radius 3 is 3.00 bits per heavy atom. The molecule has 0 saturated heterocycles. The molecule has 3 N–H and O–H groups in total. The molecule has 1 heterocycles. The average Bonchev–Trinajstić information content (AvgIpc) is 2.99. The van der Waals surface area contributed by atoms with Gasteiger partial charge in [-0.15, -0.1) is 0 Å². The van der Waals surface area contributed by atoms with Gasteiger partial charge in [0.25, 0.3) is 0 Å². The number of carbonyl (C=O) groups excluding carboxylic acids is 1. The first-order chi connectivity index (χ1) is 9.08. The van der Waals surface area contributed by atoms with E-state index < -0.39 is 11.9 Å². The number of carboxylic acids is 1. The number of amides is 2. The maximum Gasteiger partial charge on any atom is 0.317 e. The smallest absolute Gasteiger partial charge is 0.317 e. The molecule has 2 rings (SSSR count). The van der Waals surface area contributed by atoms with E-state index in [0.29, 0.717) is 25.2 Å². The number of urea groups is 1. The largest absolute Gasteiger partial charge is 0.481 e. The minimum Gasteiger partial charge on any atom is -0.481 e. The Morgan fingerprint density at radius 1 is 1.58 bits per heavy atom. The summed E-state index contributed by atoms with van der Waals surface area (Å²) in [6.07, 6.45) is 3.52. The van der Waals surface area contributed by atoms with Gasteiger partial charge in [-0.05, 0) is 12.8 Å². The molecule has 2 atom stereocenters. The Hall–Kier alpha value is -2.12. The summed E-state index contributed by atoms with van der Waals surface area (Å²) in [7, 11) is 1.63. The summed E-state index contributed by atoms with van der Waals surface area (Å²) in [5.74, 6) is -0.748. The van der Waals surface area contributed by atoms with Crippen LogP contribution in [0.15, 0.2) is 6.33 Å². The van der Waals surface area contributed by atoms with Crippen molar-refractivity contribution in [2.75, 3.05) is 7.05 Å². The van der Waals surface area contributed by atoms with E-state index in [9.17, 15) is 9.59 Å². The molecule has 0 spiro atoms. The van der Waals surface area contributed by atoms with Crippen LogP contribution >= 0.6 is 0 Å². The second-order valence-electron chi connectivity index (χ2n) is 4.72. The van der Waals surface area contributed by atoms with Crippen LogP contribution in [0.1, 0.15) is 25.1 Å². The van der Waals surface area contributed by atoms with Crippen molar-refractivity contribution in [3.05, 3.63) is 12.2 Å². The zero-order valence-corrected chi connectivity index (χ0v) is 10.7. The van der Waals surface area contributed by atoms with Crippen LogP contribution in [-0.4, -0.2) is 50.3 Å². The summed E-state index contributed by atoms with van der Waals surface area (Å²) in [6.45, 7) is 0.302. The van der Waals surface area contributed by atoms with Gasteiger partial charge in [0.1, 0.15) is 12.2 Å². The van der Waals surface area contributed by atoms with Crippen LogP contribution < -0.4 is 5.32 Å². The molecule has 104 valence electrons. The average molecular weight is 267 g/mol. The lowest BCUT2D eigenvalue weighted by Gasteiger charge is -2.22. The summed E-state index contributed by atoms with van der Waals surface area (Å²) >= 11 is 0. The van der Waals surface area contributed by atoms with Crippen molar-refractivity contribution in [2.45, 2.75) is 31.8 Å². The number of aromatic amines is 1. The summed E-state index contributed by atoms with van der Waals surface area (Å²) in [5.41, 5.74) is 0. The Kier molecular flexibility index (Phi) is 3.98. The lowest BCUT2D eigenvalue weighted by molar-refractivity contribution is -0.142. The van der Waals surface area contributed by atoms with Gasteiger partial charge < -0.3 is 15.3 Å². The van der Waals surface area contributed by atoms with Gasteiger partial charge in [-0.3, -0.25) is 9.89 Å². The highest BCUT2D eigenvalue weighted by molar-refractivity contribution is 5.76. The number of H-pyrrole nitrogens is 1. The van der Waals surface area contributed by atoms with Gasteiger partial charge in [-0.1, -0.05) is 6.42 Å². The number of nitrogens with one attached hydrogen (secondary N) is 2. The molecule has 0 bridgehead atoms. The van der Waals surface area contributed by atoms with E-state index in [1.807, 2.05) is 0 Å². The van der Waals surface area contributed by atoms with Crippen LogP contribution in [0.5, 0.6) is 0 Å². The predicted octanol–water partition coefficient (Wildman–Crippen LogP) is 0.199. The topological polar surface area (TPSA) is 111 Å². The quantitative estimate of drug-likeness (QED) is 0.721. The predicted molar refractivity (Wildman–Crippen MR) is 65.1 cm³/mol. The molecule has 1 aliphatic rings. The third-order valence-electron chi connectivity index (χ3n) is 3.34. The number of carboxylic acid groups (broad SMARTS) is 1. The zero-order chi connectivity index (χ0) is 13.8. The van der Waals surface area contributed by atoms with Crippen molar-refractivity contribution in [1.29, 1.82) is 0 Å². The molecule has 1 aliphatic carbocycles. The highest BCUT2D eigenvalue weighted by Crippen LogP contribution is 2.25. The Balaban J connectivity index is 1.88. The summed E-state index contributed by atoms with van der Waals surface area (Å²) in [4.78, 5) is 28.4. The van der Waals surface area contributed by atoms with Gasteiger partial charge in [0, 0.05) is 13.1 Å². The second-order valence-corrected chi connectivity index (χ2v) is 4.72. The second kappa shape index (κ2) is 5.68. The third-order valence-corrected chi connectivity index (χ3v) is 3.34. The van der Waals surface area contributed by atoms with Crippen molar-refractivity contribution in [3.63, 3.8) is 0 Å². The van der Waals surface area contributed by atoms with Gasteiger partial charge >= 0.3 is 12.0 Å². The molecule has 1 aromatic rings. The summed E-state index contributed by atoms with van der Waals surface area (Å²) < 4.78 is 0. The molecular weight excluding hydrogens is 250 g/mol. The Morgan fingerprint density at radius 2 is 2.37 bits per heavy atom. The number of hydrogen-bond donors (Lipinski definition) is 3. The number of hydrogen-bond acceptors (Lipinski definition) is 4. The molecule has 8 heteroatoms. The number of aliphatic carboxylic acids is 1. The van der Waals surface area contributed by atoms with Crippen molar-refractivity contribution in [3.8, 4) is 0 Å². The standard InChI is InChI=1S/C11H17N5O3/c1-16(5-9-12-6-13-15-9)11(19)14-8-4-2-3-7(8)10(17)18/h6-8H,2-5H2,1H3,(H,14,19)(H,17,18)(H,12,13,15). The molecule has 8 nitrogen and oxygen atoms in total. The van der Waals surface area contributed by atoms with Crippen LogP contribution in [0.3, 0.4) is 0 Å². The fraction of sp³-hybridized carbons (Fsp3) is 0.636. The molecule has 0 aliphatic heterocycles. The fourth-order valence-electron chi connectivity index (χ4n) is 2.30. The van der Waals surface area contributed by atoms with Gasteiger partial charge in [0.2, 0.25) is 0 Å². The summed E-state index contributed by atoms with van der Waals surface area (Å²) in [5, 5.41) is 18.2. The van der Waals surface area contributed by atoms with Crippen LogP contribution in [0.25, 0.3) is 0 Å². The van der Waals surface area contributed by atoms with Crippen LogP contribution in [0, 0.1) is 5.92 Å². The first-order valence-electron chi connectivity index (χ1n) is 6.16. The zero-order valence-electron chi connectivity index (χ0n) is 10.7. The molecule has 2 amide bonds. The Bertz CT molecular complexity index is 447. The number of rotatable bonds is 4. The van der Waals surface area contributed by atoms with E-state index in [-0.39, 0.29) is 12.1 Å². The minimum absolute atomic E-state index is 0.290. The molecule has 0 radical (unpaired) electrons. The van der Waals surface area contributed by atoms with E-state index in [1.165, 1.54) is 11.2 Å². The van der Waals surface area contributed by atoms with Crippen molar-refractivity contribution in [1.82, 2.24) is 25.4 Å². The third kappa shape index (κ3) is 3.21. The molecule has 0 aromatic carbocycles. The first kappa shape index (κ1) is 13.3. The molecule has 2 unspecified atom stereocenters. The lowest BCUT2D eigenvalue weighted by Crippen LogP contribution is -2.45. The molecular formula is C11H17N5O3. The normalized spacial score (nSPS) is 22.2. The number of carbonyl (C=O) groups is 2. The van der Waals surface area contributed by atoms with Gasteiger partial charge in [-0.25, -0.2) is 9.78 Å².